The van der Waals surface area contributed by atoms with Crippen molar-refractivity contribution in [3.63, 3.8) is 0 Å². The Kier molecular flexibility index (Phi) is 3.45. The normalized spacial score (nSPS) is 44.8. The van der Waals surface area contributed by atoms with E-state index in [0.29, 0.717) is 22.8 Å². The predicted octanol–water partition coefficient (Wildman–Crippen LogP) is 4.65. The topological polar surface area (TPSA) is 35.8 Å². The van der Waals surface area contributed by atoms with Gasteiger partial charge in [-0.25, -0.2) is 0 Å². The SMILES string of the molecule is CC(C)(CCC#N)CNC12CC3CC(C)(CC(C)(C3)C1)C2. The van der Waals surface area contributed by atoms with Crippen LogP contribution in [-0.2, 0) is 0 Å². The van der Waals surface area contributed by atoms with Crippen molar-refractivity contribution < 1.29 is 0 Å². The van der Waals surface area contributed by atoms with Gasteiger partial charge in [-0.05, 0) is 67.1 Å². The van der Waals surface area contributed by atoms with Gasteiger partial charge in [0.15, 0.2) is 0 Å². The van der Waals surface area contributed by atoms with Gasteiger partial charge in [-0.1, -0.05) is 27.7 Å². The van der Waals surface area contributed by atoms with Crippen molar-refractivity contribution in [2.24, 2.45) is 22.2 Å². The quantitative estimate of drug-likeness (QED) is 0.799. The largest absolute Gasteiger partial charge is 0.311 e. The molecule has 0 aliphatic heterocycles. The maximum absolute atomic E-state index is 8.83. The van der Waals surface area contributed by atoms with Gasteiger partial charge in [0.25, 0.3) is 0 Å². The van der Waals surface area contributed by atoms with Gasteiger partial charge in [0, 0.05) is 18.5 Å². The molecule has 0 spiro atoms. The minimum absolute atomic E-state index is 0.237. The van der Waals surface area contributed by atoms with E-state index in [1.165, 1.54) is 38.5 Å². The molecule has 0 radical (unpaired) electrons. The molecular formula is C19H32N2. The number of nitrogens with zero attached hydrogens (tertiary/aromatic N) is 1. The summed E-state index contributed by atoms with van der Waals surface area (Å²) in [7, 11) is 0. The van der Waals surface area contributed by atoms with Crippen molar-refractivity contribution >= 4 is 0 Å². The lowest BCUT2D eigenvalue weighted by Gasteiger charge is -2.66. The van der Waals surface area contributed by atoms with Gasteiger partial charge in [0.05, 0.1) is 6.07 Å². The van der Waals surface area contributed by atoms with E-state index < -0.39 is 0 Å². The van der Waals surface area contributed by atoms with E-state index in [1.54, 1.807) is 0 Å². The smallest absolute Gasteiger partial charge is 0.0621 e. The van der Waals surface area contributed by atoms with E-state index in [-0.39, 0.29) is 5.41 Å². The molecule has 0 aromatic heterocycles. The first-order valence-electron chi connectivity index (χ1n) is 8.79. The van der Waals surface area contributed by atoms with Crippen LogP contribution in [0.3, 0.4) is 0 Å². The molecule has 2 nitrogen and oxygen atoms in total. The first-order chi connectivity index (χ1) is 9.67. The number of hydrogen-bond donors (Lipinski definition) is 1. The monoisotopic (exact) mass is 288 g/mol. The van der Waals surface area contributed by atoms with Gasteiger partial charge in [-0.15, -0.1) is 0 Å². The van der Waals surface area contributed by atoms with Crippen molar-refractivity contribution in [3.05, 3.63) is 0 Å². The summed E-state index contributed by atoms with van der Waals surface area (Å²) < 4.78 is 0. The second-order valence-corrected chi connectivity index (χ2v) is 10.1. The molecule has 0 amide bonds. The summed E-state index contributed by atoms with van der Waals surface area (Å²) in [5, 5.41) is 12.8. The van der Waals surface area contributed by atoms with Crippen molar-refractivity contribution in [2.45, 2.75) is 84.6 Å². The molecular weight excluding hydrogens is 256 g/mol. The second kappa shape index (κ2) is 4.72. The fourth-order valence-electron chi connectivity index (χ4n) is 6.55. The Bertz CT molecular complexity index is 441. The zero-order chi connectivity index (χ0) is 15.4. The van der Waals surface area contributed by atoms with Crippen molar-refractivity contribution in [3.8, 4) is 6.07 Å². The molecule has 1 N–H and O–H groups in total. The van der Waals surface area contributed by atoms with E-state index >= 15 is 0 Å². The van der Waals surface area contributed by atoms with Crippen LogP contribution in [0.1, 0.15) is 79.1 Å². The third-order valence-electron chi connectivity index (χ3n) is 6.48. The molecule has 0 saturated heterocycles. The highest BCUT2D eigenvalue weighted by molar-refractivity contribution is 5.14. The molecule has 118 valence electrons. The van der Waals surface area contributed by atoms with E-state index in [0.717, 1.165) is 18.9 Å². The zero-order valence-corrected chi connectivity index (χ0v) is 14.4. The lowest BCUT2D eigenvalue weighted by molar-refractivity contribution is -0.119. The Hall–Kier alpha value is -0.550. The maximum Gasteiger partial charge on any atom is 0.0621 e. The van der Waals surface area contributed by atoms with Crippen molar-refractivity contribution in [2.75, 3.05) is 6.54 Å². The average molecular weight is 288 g/mol. The van der Waals surface area contributed by atoms with Gasteiger partial charge in [-0.3, -0.25) is 0 Å². The van der Waals surface area contributed by atoms with Crippen LogP contribution in [0, 0.1) is 33.5 Å². The van der Waals surface area contributed by atoms with Crippen LogP contribution in [-0.4, -0.2) is 12.1 Å². The van der Waals surface area contributed by atoms with Gasteiger partial charge < -0.3 is 5.32 Å². The molecule has 2 atom stereocenters. The molecule has 2 unspecified atom stereocenters. The highest BCUT2D eigenvalue weighted by atomic mass is 15.0. The Morgan fingerprint density at radius 3 is 2.24 bits per heavy atom. The van der Waals surface area contributed by atoms with Crippen LogP contribution >= 0.6 is 0 Å². The third-order valence-corrected chi connectivity index (χ3v) is 6.48. The lowest BCUT2D eigenvalue weighted by Crippen LogP contribution is -2.65. The molecule has 2 heteroatoms. The Labute approximate surface area is 130 Å². The van der Waals surface area contributed by atoms with Crippen LogP contribution in [0.4, 0.5) is 0 Å². The van der Waals surface area contributed by atoms with Gasteiger partial charge >= 0.3 is 0 Å². The Morgan fingerprint density at radius 1 is 1.10 bits per heavy atom. The minimum Gasteiger partial charge on any atom is -0.311 e. The highest BCUT2D eigenvalue weighted by Gasteiger charge is 2.59. The minimum atomic E-state index is 0.237. The molecule has 4 aliphatic carbocycles. The third kappa shape index (κ3) is 3.00. The Balaban J connectivity index is 1.69. The van der Waals surface area contributed by atoms with Gasteiger partial charge in [-0.2, -0.15) is 5.26 Å². The van der Waals surface area contributed by atoms with E-state index in [4.69, 9.17) is 5.26 Å². The first kappa shape index (κ1) is 15.3. The van der Waals surface area contributed by atoms with Crippen LogP contribution in [0.2, 0.25) is 0 Å². The zero-order valence-electron chi connectivity index (χ0n) is 14.4. The maximum atomic E-state index is 8.83. The number of hydrogen-bond acceptors (Lipinski definition) is 2. The van der Waals surface area contributed by atoms with Crippen LogP contribution < -0.4 is 5.32 Å². The average Bonchev–Trinajstić information content (AvgIpc) is 2.30. The lowest BCUT2D eigenvalue weighted by atomic mass is 9.42. The highest BCUT2D eigenvalue weighted by Crippen LogP contribution is 2.66. The molecule has 4 aliphatic rings. The van der Waals surface area contributed by atoms with Crippen molar-refractivity contribution in [1.82, 2.24) is 5.32 Å². The number of rotatable bonds is 5. The van der Waals surface area contributed by atoms with E-state index in [1.807, 2.05) is 0 Å². The first-order valence-corrected chi connectivity index (χ1v) is 8.79. The molecule has 0 heterocycles. The van der Waals surface area contributed by atoms with Crippen LogP contribution in [0.5, 0.6) is 0 Å². The van der Waals surface area contributed by atoms with Crippen LogP contribution in [0.25, 0.3) is 0 Å². The van der Waals surface area contributed by atoms with E-state index in [2.05, 4.69) is 39.1 Å². The number of nitrogens with one attached hydrogen (secondary N) is 1. The fourth-order valence-corrected chi connectivity index (χ4v) is 6.55. The summed E-state index contributed by atoms with van der Waals surface area (Å²) in [5.41, 5.74) is 1.80. The molecule has 0 aromatic rings. The summed E-state index contributed by atoms with van der Waals surface area (Å²) in [6, 6.07) is 2.30. The molecule has 4 fully saturated rings. The van der Waals surface area contributed by atoms with E-state index in [9.17, 15) is 0 Å². The molecule has 4 rings (SSSR count). The summed E-state index contributed by atoms with van der Waals surface area (Å²) in [6.07, 6.45) is 10.2. The molecule has 4 bridgehead atoms. The molecule has 4 saturated carbocycles. The summed E-state index contributed by atoms with van der Waals surface area (Å²) in [5.74, 6) is 0.950. The summed E-state index contributed by atoms with van der Waals surface area (Å²) >= 11 is 0. The van der Waals surface area contributed by atoms with Gasteiger partial charge in [0.1, 0.15) is 0 Å². The fraction of sp³-hybridized carbons (Fsp3) is 0.947. The summed E-state index contributed by atoms with van der Waals surface area (Å²) in [6.45, 7) is 10.7. The predicted molar refractivity (Wildman–Crippen MR) is 86.8 cm³/mol. The summed E-state index contributed by atoms with van der Waals surface area (Å²) in [4.78, 5) is 0. The number of nitriles is 1. The van der Waals surface area contributed by atoms with Crippen LogP contribution in [0.15, 0.2) is 0 Å². The van der Waals surface area contributed by atoms with Crippen molar-refractivity contribution in [1.29, 1.82) is 5.26 Å². The second-order valence-electron chi connectivity index (χ2n) is 10.1. The molecule has 21 heavy (non-hydrogen) atoms. The standard InChI is InChI=1S/C19H32N2/c1-16(2,6-5-7-20)14-21-19-10-15-8-17(3,12-19)11-18(4,9-15)13-19/h15,21H,5-6,8-14H2,1-4H3. The van der Waals surface area contributed by atoms with Gasteiger partial charge in [0.2, 0.25) is 0 Å². The Morgan fingerprint density at radius 2 is 1.71 bits per heavy atom. The molecule has 0 aromatic carbocycles.